The first-order chi connectivity index (χ1) is 11.9. The molecule has 1 aromatic carbocycles. The summed E-state index contributed by atoms with van der Waals surface area (Å²) in [6.45, 7) is 2.15. The summed E-state index contributed by atoms with van der Waals surface area (Å²) in [7, 11) is 1.30. The highest BCUT2D eigenvalue weighted by Crippen LogP contribution is 2.66. The van der Waals surface area contributed by atoms with Gasteiger partial charge in [-0.25, -0.2) is 5.43 Å². The fraction of sp³-hybridized carbons (Fsp3) is 0.529. The molecule has 134 valence electrons. The Balaban J connectivity index is 1.69. The quantitative estimate of drug-likeness (QED) is 0.483. The standard InChI is InChI=1S/C17H21N3O5/c1-17-6-4-3-5-11(17)14(17)16(22)19-18-9-10-7-12(20(23)24)15(21)13(8-10)25-2/h7-9,11,14,21H,3-6H2,1-2H3,(H,19,22)/b18-9-/t11-,14-,17+/m0/s1. The second-order valence-corrected chi connectivity index (χ2v) is 6.92. The maximum atomic E-state index is 12.3. The van der Waals surface area contributed by atoms with E-state index in [1.165, 1.54) is 31.9 Å². The van der Waals surface area contributed by atoms with E-state index in [4.69, 9.17) is 4.74 Å². The van der Waals surface area contributed by atoms with Gasteiger partial charge in [-0.1, -0.05) is 19.8 Å². The lowest BCUT2D eigenvalue weighted by Gasteiger charge is -2.15. The van der Waals surface area contributed by atoms with Gasteiger partial charge in [0.2, 0.25) is 11.7 Å². The molecule has 2 N–H and O–H groups in total. The molecule has 1 amide bonds. The number of nitrogens with one attached hydrogen (secondary N) is 1. The summed E-state index contributed by atoms with van der Waals surface area (Å²) in [5.74, 6) is -0.237. The molecule has 1 aromatic rings. The highest BCUT2D eigenvalue weighted by atomic mass is 16.6. The predicted octanol–water partition coefficient (Wildman–Crippen LogP) is 2.59. The number of hydrazone groups is 1. The van der Waals surface area contributed by atoms with Crippen LogP contribution in [0.3, 0.4) is 0 Å². The van der Waals surface area contributed by atoms with E-state index in [9.17, 15) is 20.0 Å². The summed E-state index contributed by atoms with van der Waals surface area (Å²) >= 11 is 0. The number of hydrogen-bond donors (Lipinski definition) is 2. The minimum atomic E-state index is -0.705. The maximum absolute atomic E-state index is 12.3. The Hall–Kier alpha value is -2.64. The van der Waals surface area contributed by atoms with Gasteiger partial charge in [-0.3, -0.25) is 14.9 Å². The number of fused-ring (bicyclic) bond motifs is 1. The Labute approximate surface area is 145 Å². The van der Waals surface area contributed by atoms with E-state index in [1.54, 1.807) is 0 Å². The molecule has 0 spiro atoms. The lowest BCUT2D eigenvalue weighted by atomic mass is 9.90. The van der Waals surface area contributed by atoms with Crippen LogP contribution in [-0.4, -0.2) is 29.3 Å². The van der Waals surface area contributed by atoms with Crippen molar-refractivity contribution in [2.75, 3.05) is 7.11 Å². The molecule has 2 fully saturated rings. The van der Waals surface area contributed by atoms with Crippen molar-refractivity contribution in [1.82, 2.24) is 5.43 Å². The van der Waals surface area contributed by atoms with Crippen LogP contribution in [0.1, 0.15) is 38.2 Å². The molecule has 8 nitrogen and oxygen atoms in total. The Morgan fingerprint density at radius 1 is 1.52 bits per heavy atom. The van der Waals surface area contributed by atoms with Gasteiger partial charge < -0.3 is 9.84 Å². The first-order valence-electron chi connectivity index (χ1n) is 8.27. The van der Waals surface area contributed by atoms with E-state index in [0.29, 0.717) is 11.5 Å². The number of hydrogen-bond acceptors (Lipinski definition) is 6. The summed E-state index contributed by atoms with van der Waals surface area (Å²) < 4.78 is 4.93. The molecule has 25 heavy (non-hydrogen) atoms. The molecule has 0 aromatic heterocycles. The number of rotatable bonds is 5. The zero-order chi connectivity index (χ0) is 18.2. The molecule has 3 rings (SSSR count). The Bertz CT molecular complexity index is 748. The van der Waals surface area contributed by atoms with Crippen molar-refractivity contribution < 1.29 is 19.6 Å². The number of carbonyl (C=O) groups excluding carboxylic acids is 1. The molecule has 0 radical (unpaired) electrons. The van der Waals surface area contributed by atoms with Crippen LogP contribution in [0.5, 0.6) is 11.5 Å². The number of benzene rings is 1. The molecule has 0 bridgehead atoms. The minimum Gasteiger partial charge on any atom is -0.500 e. The van der Waals surface area contributed by atoms with Crippen molar-refractivity contribution in [3.8, 4) is 11.5 Å². The van der Waals surface area contributed by atoms with Crippen LogP contribution in [0.4, 0.5) is 5.69 Å². The van der Waals surface area contributed by atoms with E-state index in [2.05, 4.69) is 17.5 Å². The van der Waals surface area contributed by atoms with E-state index < -0.39 is 16.4 Å². The Morgan fingerprint density at radius 2 is 2.28 bits per heavy atom. The smallest absolute Gasteiger partial charge is 0.315 e. The number of methoxy groups -OCH3 is 1. The molecule has 2 aliphatic rings. The topological polar surface area (TPSA) is 114 Å². The van der Waals surface area contributed by atoms with Crippen molar-refractivity contribution in [2.45, 2.75) is 32.6 Å². The largest absolute Gasteiger partial charge is 0.500 e. The fourth-order valence-corrected chi connectivity index (χ4v) is 4.07. The first-order valence-corrected chi connectivity index (χ1v) is 8.27. The van der Waals surface area contributed by atoms with Gasteiger partial charge in [-0.05, 0) is 30.2 Å². The maximum Gasteiger partial charge on any atom is 0.315 e. The molecular weight excluding hydrogens is 326 g/mol. The third-order valence-electron chi connectivity index (χ3n) is 5.50. The summed E-state index contributed by atoms with van der Waals surface area (Å²) in [6.07, 6.45) is 5.79. The van der Waals surface area contributed by atoms with Gasteiger partial charge in [0.1, 0.15) is 0 Å². The van der Waals surface area contributed by atoms with Crippen LogP contribution in [0, 0.1) is 27.4 Å². The summed E-state index contributed by atoms with van der Waals surface area (Å²) in [4.78, 5) is 22.6. The molecule has 2 aliphatic carbocycles. The Kier molecular flexibility index (Phi) is 4.36. The number of carbonyl (C=O) groups is 1. The van der Waals surface area contributed by atoms with E-state index in [1.807, 2.05) is 0 Å². The highest BCUT2D eigenvalue weighted by Gasteiger charge is 2.64. The predicted molar refractivity (Wildman–Crippen MR) is 90.6 cm³/mol. The number of nitro benzene ring substituents is 1. The van der Waals surface area contributed by atoms with Gasteiger partial charge in [0.25, 0.3) is 0 Å². The number of nitro groups is 1. The summed E-state index contributed by atoms with van der Waals surface area (Å²) in [5, 5.41) is 24.6. The number of aromatic hydroxyl groups is 1. The average molecular weight is 347 g/mol. The van der Waals surface area contributed by atoms with Crippen LogP contribution in [0.25, 0.3) is 0 Å². The second kappa shape index (κ2) is 6.34. The molecule has 2 saturated carbocycles. The Morgan fingerprint density at radius 3 is 2.88 bits per heavy atom. The fourth-order valence-electron chi connectivity index (χ4n) is 4.07. The third-order valence-corrected chi connectivity index (χ3v) is 5.50. The van der Waals surface area contributed by atoms with Crippen molar-refractivity contribution in [2.24, 2.45) is 22.4 Å². The molecule has 0 saturated heterocycles. The van der Waals surface area contributed by atoms with Crippen LogP contribution >= 0.6 is 0 Å². The summed E-state index contributed by atoms with van der Waals surface area (Å²) in [5.41, 5.74) is 2.50. The number of amides is 1. The van der Waals surface area contributed by atoms with Gasteiger partial charge in [0.05, 0.1) is 18.2 Å². The van der Waals surface area contributed by atoms with E-state index >= 15 is 0 Å². The monoisotopic (exact) mass is 347 g/mol. The van der Waals surface area contributed by atoms with Gasteiger partial charge >= 0.3 is 5.69 Å². The van der Waals surface area contributed by atoms with Crippen molar-refractivity contribution >= 4 is 17.8 Å². The summed E-state index contributed by atoms with van der Waals surface area (Å²) in [6, 6.07) is 2.59. The number of phenolic OH excluding ortho intramolecular Hbond substituents is 1. The van der Waals surface area contributed by atoms with Crippen LogP contribution < -0.4 is 10.2 Å². The first kappa shape index (κ1) is 17.2. The van der Waals surface area contributed by atoms with E-state index in [-0.39, 0.29) is 23.0 Å². The second-order valence-electron chi connectivity index (χ2n) is 6.92. The zero-order valence-electron chi connectivity index (χ0n) is 14.2. The highest BCUT2D eigenvalue weighted by molar-refractivity contribution is 5.87. The third kappa shape index (κ3) is 3.04. The van der Waals surface area contributed by atoms with Crippen molar-refractivity contribution in [1.29, 1.82) is 0 Å². The van der Waals surface area contributed by atoms with Crippen LogP contribution in [-0.2, 0) is 4.79 Å². The lowest BCUT2D eigenvalue weighted by Crippen LogP contribution is -2.22. The molecule has 3 atom stereocenters. The van der Waals surface area contributed by atoms with Gasteiger partial charge in [-0.2, -0.15) is 5.10 Å². The van der Waals surface area contributed by atoms with Gasteiger partial charge in [0.15, 0.2) is 5.75 Å². The zero-order valence-corrected chi connectivity index (χ0v) is 14.2. The minimum absolute atomic E-state index is 0.00385. The van der Waals surface area contributed by atoms with Crippen LogP contribution in [0.2, 0.25) is 0 Å². The molecule has 0 unspecified atom stereocenters. The van der Waals surface area contributed by atoms with Crippen molar-refractivity contribution in [3.63, 3.8) is 0 Å². The normalized spacial score (nSPS) is 27.6. The molecule has 0 aliphatic heterocycles. The lowest BCUT2D eigenvalue weighted by molar-refractivity contribution is -0.386. The average Bonchev–Trinajstić information content (AvgIpc) is 3.21. The van der Waals surface area contributed by atoms with Crippen molar-refractivity contribution in [3.05, 3.63) is 27.8 Å². The number of nitrogens with zero attached hydrogens (tertiary/aromatic N) is 2. The number of phenols is 1. The molecular formula is C17H21N3O5. The van der Waals surface area contributed by atoms with Crippen LogP contribution in [0.15, 0.2) is 17.2 Å². The van der Waals surface area contributed by atoms with Gasteiger partial charge in [-0.15, -0.1) is 0 Å². The number of ether oxygens (including phenoxy) is 1. The van der Waals surface area contributed by atoms with Gasteiger partial charge in [0, 0.05) is 17.5 Å². The van der Waals surface area contributed by atoms with E-state index in [0.717, 1.165) is 19.3 Å². The molecule has 0 heterocycles. The molecule has 8 heteroatoms. The SMILES string of the molecule is COc1cc(/C=N\NC(=O)[C@@H]2[C@@H]3CCCC[C@@]23C)cc([N+](=O)[O-])c1O.